The highest BCUT2D eigenvalue weighted by atomic mass is 16.5. The number of hydrogen-bond donors (Lipinski definition) is 2. The van der Waals surface area contributed by atoms with Gasteiger partial charge < -0.3 is 4.74 Å². The van der Waals surface area contributed by atoms with E-state index in [1.807, 2.05) is 38.1 Å². The fourth-order valence-electron chi connectivity index (χ4n) is 2.10. The average molecular weight is 323 g/mol. The van der Waals surface area contributed by atoms with E-state index in [1.54, 1.807) is 0 Å². The normalized spacial score (nSPS) is 9.71. The third kappa shape index (κ3) is 4.85. The first-order chi connectivity index (χ1) is 11.5. The van der Waals surface area contributed by atoms with Crippen LogP contribution in [0.3, 0.4) is 0 Å². The molecule has 6 heteroatoms. The molecule has 0 aliphatic rings. The number of rotatable bonds is 4. The SMILES string of the molecule is Cc1cc(C)cc(OCC(=O)NNC(=O)c2ccc(C#N)cc2)c1. The number of hydrazine groups is 1. The monoisotopic (exact) mass is 323 g/mol. The predicted octanol–water partition coefficient (Wildman–Crippen LogP) is 2.02. The highest BCUT2D eigenvalue weighted by molar-refractivity contribution is 5.95. The summed E-state index contributed by atoms with van der Waals surface area (Å²) in [5.41, 5.74) is 7.45. The standard InChI is InChI=1S/C18H17N3O3/c1-12-7-13(2)9-16(8-12)24-11-17(22)20-21-18(23)15-5-3-14(10-19)4-6-15/h3-9H,11H2,1-2H3,(H,20,22)(H,21,23). The number of nitrogens with zero attached hydrogens (tertiary/aromatic N) is 1. The van der Waals surface area contributed by atoms with Crippen molar-refractivity contribution in [3.05, 3.63) is 64.7 Å². The summed E-state index contributed by atoms with van der Waals surface area (Å²) < 4.78 is 5.40. The van der Waals surface area contributed by atoms with Crippen molar-refractivity contribution in [3.63, 3.8) is 0 Å². The van der Waals surface area contributed by atoms with Crippen LogP contribution >= 0.6 is 0 Å². The van der Waals surface area contributed by atoms with Gasteiger partial charge >= 0.3 is 0 Å². The first kappa shape index (κ1) is 17.0. The van der Waals surface area contributed by atoms with E-state index in [0.29, 0.717) is 16.9 Å². The number of carbonyl (C=O) groups excluding carboxylic acids is 2. The third-order valence-electron chi connectivity index (χ3n) is 3.16. The molecule has 122 valence electrons. The molecule has 2 aromatic rings. The molecule has 0 aliphatic carbocycles. The summed E-state index contributed by atoms with van der Waals surface area (Å²) in [6.45, 7) is 3.67. The van der Waals surface area contributed by atoms with Gasteiger partial charge in [0.05, 0.1) is 11.6 Å². The topological polar surface area (TPSA) is 91.2 Å². The Kier molecular flexibility index (Phi) is 5.53. The van der Waals surface area contributed by atoms with Gasteiger partial charge in [0.25, 0.3) is 11.8 Å². The number of amides is 2. The molecular formula is C18H17N3O3. The molecule has 2 rings (SSSR count). The van der Waals surface area contributed by atoms with Crippen LogP contribution in [0.25, 0.3) is 0 Å². The van der Waals surface area contributed by atoms with Crippen molar-refractivity contribution in [1.29, 1.82) is 5.26 Å². The number of nitrogens with one attached hydrogen (secondary N) is 2. The third-order valence-corrected chi connectivity index (χ3v) is 3.16. The van der Waals surface area contributed by atoms with Gasteiger partial charge in [-0.25, -0.2) is 0 Å². The maximum Gasteiger partial charge on any atom is 0.276 e. The van der Waals surface area contributed by atoms with Crippen molar-refractivity contribution in [3.8, 4) is 11.8 Å². The van der Waals surface area contributed by atoms with Gasteiger partial charge in [0, 0.05) is 5.56 Å². The number of aryl methyl sites for hydroxylation is 2. The van der Waals surface area contributed by atoms with Crippen molar-refractivity contribution in [2.75, 3.05) is 6.61 Å². The zero-order valence-electron chi connectivity index (χ0n) is 13.4. The van der Waals surface area contributed by atoms with Crippen LogP contribution < -0.4 is 15.6 Å². The lowest BCUT2D eigenvalue weighted by Crippen LogP contribution is -2.43. The highest BCUT2D eigenvalue weighted by Gasteiger charge is 2.08. The van der Waals surface area contributed by atoms with Crippen molar-refractivity contribution < 1.29 is 14.3 Å². The Morgan fingerprint density at radius 2 is 1.67 bits per heavy atom. The maximum atomic E-state index is 11.9. The Morgan fingerprint density at radius 3 is 2.25 bits per heavy atom. The summed E-state index contributed by atoms with van der Waals surface area (Å²) in [6, 6.07) is 13.7. The number of hydrogen-bond acceptors (Lipinski definition) is 4. The van der Waals surface area contributed by atoms with Gasteiger partial charge in [-0.15, -0.1) is 0 Å². The summed E-state index contributed by atoms with van der Waals surface area (Å²) in [5.74, 6) is -0.350. The van der Waals surface area contributed by atoms with Gasteiger partial charge in [-0.3, -0.25) is 20.4 Å². The zero-order chi connectivity index (χ0) is 17.5. The minimum absolute atomic E-state index is 0.212. The molecular weight excluding hydrogens is 306 g/mol. The Labute approximate surface area is 140 Å². The molecule has 0 saturated carbocycles. The molecule has 0 heterocycles. The first-order valence-electron chi connectivity index (χ1n) is 7.28. The van der Waals surface area contributed by atoms with E-state index in [2.05, 4.69) is 10.9 Å². The van der Waals surface area contributed by atoms with E-state index >= 15 is 0 Å². The largest absolute Gasteiger partial charge is 0.484 e. The van der Waals surface area contributed by atoms with Crippen molar-refractivity contribution in [2.24, 2.45) is 0 Å². The van der Waals surface area contributed by atoms with Gasteiger partial charge in [0.2, 0.25) is 0 Å². The summed E-state index contributed by atoms with van der Waals surface area (Å²) in [5, 5.41) is 8.71. The molecule has 0 bridgehead atoms. The molecule has 24 heavy (non-hydrogen) atoms. The summed E-state index contributed by atoms with van der Waals surface area (Å²) in [7, 11) is 0. The Hall–Kier alpha value is -3.33. The fourth-order valence-corrected chi connectivity index (χ4v) is 2.10. The van der Waals surface area contributed by atoms with E-state index < -0.39 is 11.8 Å². The Bertz CT molecular complexity index is 772. The van der Waals surface area contributed by atoms with Crippen molar-refractivity contribution >= 4 is 11.8 Å². The molecule has 0 spiro atoms. The summed E-state index contributed by atoms with van der Waals surface area (Å²) in [6.07, 6.45) is 0. The molecule has 0 radical (unpaired) electrons. The number of benzene rings is 2. The fraction of sp³-hybridized carbons (Fsp3) is 0.167. The van der Waals surface area contributed by atoms with Crippen LogP contribution in [-0.4, -0.2) is 18.4 Å². The van der Waals surface area contributed by atoms with E-state index in [0.717, 1.165) is 11.1 Å². The molecule has 0 unspecified atom stereocenters. The van der Waals surface area contributed by atoms with Crippen LogP contribution in [-0.2, 0) is 4.79 Å². The van der Waals surface area contributed by atoms with E-state index in [4.69, 9.17) is 10.00 Å². The van der Waals surface area contributed by atoms with Gasteiger partial charge in [-0.05, 0) is 61.4 Å². The number of ether oxygens (including phenoxy) is 1. The molecule has 2 N–H and O–H groups in total. The quantitative estimate of drug-likeness (QED) is 0.842. The lowest BCUT2D eigenvalue weighted by molar-refractivity contribution is -0.123. The first-order valence-corrected chi connectivity index (χ1v) is 7.28. The van der Waals surface area contributed by atoms with Crippen LogP contribution in [0.4, 0.5) is 0 Å². The van der Waals surface area contributed by atoms with Crippen LogP contribution in [0, 0.1) is 25.2 Å². The minimum atomic E-state index is -0.476. The van der Waals surface area contributed by atoms with E-state index in [9.17, 15) is 9.59 Å². The molecule has 0 aliphatic heterocycles. The highest BCUT2D eigenvalue weighted by Crippen LogP contribution is 2.15. The van der Waals surface area contributed by atoms with Gasteiger partial charge in [-0.2, -0.15) is 5.26 Å². The Balaban J connectivity index is 1.82. The zero-order valence-corrected chi connectivity index (χ0v) is 13.4. The predicted molar refractivity (Wildman–Crippen MR) is 88.2 cm³/mol. The number of nitriles is 1. The van der Waals surface area contributed by atoms with Gasteiger partial charge in [0.15, 0.2) is 6.61 Å². The number of carbonyl (C=O) groups is 2. The van der Waals surface area contributed by atoms with Crippen LogP contribution in [0.15, 0.2) is 42.5 Å². The van der Waals surface area contributed by atoms with E-state index in [-0.39, 0.29) is 6.61 Å². The van der Waals surface area contributed by atoms with Crippen LogP contribution in [0.5, 0.6) is 5.75 Å². The second-order valence-corrected chi connectivity index (χ2v) is 5.30. The van der Waals surface area contributed by atoms with Gasteiger partial charge in [-0.1, -0.05) is 6.07 Å². The summed E-state index contributed by atoms with van der Waals surface area (Å²) >= 11 is 0. The van der Waals surface area contributed by atoms with E-state index in [1.165, 1.54) is 24.3 Å². The molecule has 0 fully saturated rings. The smallest absolute Gasteiger partial charge is 0.276 e. The molecule has 0 aromatic heterocycles. The Morgan fingerprint density at radius 1 is 1.04 bits per heavy atom. The van der Waals surface area contributed by atoms with Crippen LogP contribution in [0.2, 0.25) is 0 Å². The van der Waals surface area contributed by atoms with Crippen LogP contribution in [0.1, 0.15) is 27.0 Å². The summed E-state index contributed by atoms with van der Waals surface area (Å²) in [4.78, 5) is 23.6. The average Bonchev–Trinajstić information content (AvgIpc) is 2.57. The molecule has 2 amide bonds. The molecule has 0 atom stereocenters. The second kappa shape index (κ2) is 7.79. The van der Waals surface area contributed by atoms with Gasteiger partial charge in [0.1, 0.15) is 5.75 Å². The maximum absolute atomic E-state index is 11.9. The lowest BCUT2D eigenvalue weighted by atomic mass is 10.1. The second-order valence-electron chi connectivity index (χ2n) is 5.30. The molecule has 6 nitrogen and oxygen atoms in total. The van der Waals surface area contributed by atoms with Crippen molar-refractivity contribution in [2.45, 2.75) is 13.8 Å². The minimum Gasteiger partial charge on any atom is -0.484 e. The molecule has 0 saturated heterocycles. The van der Waals surface area contributed by atoms with Crippen molar-refractivity contribution in [1.82, 2.24) is 10.9 Å². The lowest BCUT2D eigenvalue weighted by Gasteiger charge is -2.10. The molecule has 2 aromatic carbocycles.